The van der Waals surface area contributed by atoms with E-state index in [9.17, 15) is 4.79 Å². The maximum absolute atomic E-state index is 12.3. The lowest BCUT2D eigenvalue weighted by atomic mass is 10.1. The van der Waals surface area contributed by atoms with Crippen LogP contribution in [-0.4, -0.2) is 56.2 Å². The van der Waals surface area contributed by atoms with Crippen molar-refractivity contribution in [2.75, 3.05) is 46.1 Å². The van der Waals surface area contributed by atoms with Gasteiger partial charge in [0, 0.05) is 32.2 Å². The number of rotatable bonds is 3. The van der Waals surface area contributed by atoms with Crippen molar-refractivity contribution in [2.45, 2.75) is 0 Å². The first-order valence-electron chi connectivity index (χ1n) is 6.38. The summed E-state index contributed by atoms with van der Waals surface area (Å²) in [5, 5.41) is 2.24. The Balaban J connectivity index is 2.11. The molecule has 1 aromatic rings. The Morgan fingerprint density at radius 3 is 2.60 bits per heavy atom. The van der Waals surface area contributed by atoms with Crippen molar-refractivity contribution >= 4 is 23.2 Å². The maximum Gasteiger partial charge on any atom is 0.269 e. The van der Waals surface area contributed by atoms with E-state index in [2.05, 4.69) is 17.4 Å². The van der Waals surface area contributed by atoms with Gasteiger partial charge in [-0.1, -0.05) is 11.6 Å². The topological polar surface area (TPSA) is 70.8 Å². The number of methoxy groups -OCH3 is 1. The Kier molecular flexibility index (Phi) is 4.69. The second-order valence-electron chi connectivity index (χ2n) is 4.81. The number of hydrazine groups is 1. The molecule has 7 heteroatoms. The molecule has 1 amide bonds. The molecule has 0 bridgehead atoms. The van der Waals surface area contributed by atoms with Crippen molar-refractivity contribution in [3.63, 3.8) is 0 Å². The van der Waals surface area contributed by atoms with Gasteiger partial charge < -0.3 is 15.4 Å². The molecule has 20 heavy (non-hydrogen) atoms. The van der Waals surface area contributed by atoms with Crippen molar-refractivity contribution in [3.05, 3.63) is 22.7 Å². The van der Waals surface area contributed by atoms with Crippen LogP contribution in [0.25, 0.3) is 0 Å². The number of carbonyl (C=O) groups excluding carboxylic acids is 1. The molecule has 2 rings (SSSR count). The molecule has 0 unspecified atom stereocenters. The molecule has 1 fully saturated rings. The predicted octanol–water partition coefficient (Wildman–Crippen LogP) is 0.823. The van der Waals surface area contributed by atoms with Crippen LogP contribution < -0.4 is 15.9 Å². The first kappa shape index (κ1) is 14.9. The summed E-state index contributed by atoms with van der Waals surface area (Å²) in [4.78, 5) is 14.5. The van der Waals surface area contributed by atoms with E-state index < -0.39 is 0 Å². The number of anilines is 1. The van der Waals surface area contributed by atoms with Gasteiger partial charge >= 0.3 is 0 Å². The summed E-state index contributed by atoms with van der Waals surface area (Å²) in [5.41, 5.74) is 9.34. The van der Waals surface area contributed by atoms with Gasteiger partial charge in [0.25, 0.3) is 5.91 Å². The van der Waals surface area contributed by atoms with Gasteiger partial charge in [-0.2, -0.15) is 0 Å². The molecular weight excluding hydrogens is 280 g/mol. The predicted molar refractivity (Wildman–Crippen MR) is 79.0 cm³/mol. The molecule has 3 N–H and O–H groups in total. The van der Waals surface area contributed by atoms with Crippen molar-refractivity contribution in [1.29, 1.82) is 0 Å². The van der Waals surface area contributed by atoms with Crippen molar-refractivity contribution in [2.24, 2.45) is 0 Å². The molecule has 1 heterocycles. The third-order valence-electron chi connectivity index (χ3n) is 3.33. The van der Waals surface area contributed by atoms with E-state index in [1.165, 1.54) is 13.2 Å². The summed E-state index contributed by atoms with van der Waals surface area (Å²) >= 11 is 5.97. The van der Waals surface area contributed by atoms with Gasteiger partial charge in [0.15, 0.2) is 0 Å². The van der Waals surface area contributed by atoms with Gasteiger partial charge in [-0.05, 0) is 13.1 Å². The summed E-state index contributed by atoms with van der Waals surface area (Å²) in [6, 6.07) is 3.09. The second kappa shape index (κ2) is 6.30. The third-order valence-corrected chi connectivity index (χ3v) is 3.65. The van der Waals surface area contributed by atoms with Crippen LogP contribution >= 0.6 is 11.6 Å². The molecule has 0 aromatic heterocycles. The van der Waals surface area contributed by atoms with Crippen LogP contribution in [-0.2, 0) is 0 Å². The highest BCUT2D eigenvalue weighted by Crippen LogP contribution is 2.28. The number of amides is 1. The number of ether oxygens (including phenoxy) is 1. The van der Waals surface area contributed by atoms with Gasteiger partial charge in [-0.3, -0.25) is 10.2 Å². The summed E-state index contributed by atoms with van der Waals surface area (Å²) in [6.45, 7) is 3.40. The fourth-order valence-electron chi connectivity index (χ4n) is 2.04. The summed E-state index contributed by atoms with van der Waals surface area (Å²) < 4.78 is 5.18. The smallest absolute Gasteiger partial charge is 0.269 e. The number of nitrogens with one attached hydrogen (secondary N) is 1. The lowest BCUT2D eigenvalue weighted by Crippen LogP contribution is -2.52. The fourth-order valence-corrected chi connectivity index (χ4v) is 2.20. The SMILES string of the molecule is COc1cc(N)c(Cl)cc1C(=O)NN1CCN(C)CC1. The average Bonchev–Trinajstić information content (AvgIpc) is 2.43. The Morgan fingerprint density at radius 1 is 1.35 bits per heavy atom. The van der Waals surface area contributed by atoms with E-state index in [0.29, 0.717) is 22.0 Å². The van der Waals surface area contributed by atoms with Crippen molar-refractivity contribution in [1.82, 2.24) is 15.3 Å². The van der Waals surface area contributed by atoms with E-state index in [-0.39, 0.29) is 5.91 Å². The normalized spacial score (nSPS) is 16.9. The minimum absolute atomic E-state index is 0.242. The van der Waals surface area contributed by atoms with Gasteiger partial charge in [0.2, 0.25) is 0 Å². The highest BCUT2D eigenvalue weighted by molar-refractivity contribution is 6.33. The van der Waals surface area contributed by atoms with Crippen LogP contribution in [0.15, 0.2) is 12.1 Å². The van der Waals surface area contributed by atoms with Crippen LogP contribution in [0.2, 0.25) is 5.02 Å². The molecule has 0 spiro atoms. The molecular formula is C13H19ClN4O2. The van der Waals surface area contributed by atoms with Crippen molar-refractivity contribution in [3.8, 4) is 5.75 Å². The number of piperazine rings is 1. The Labute approximate surface area is 123 Å². The zero-order valence-electron chi connectivity index (χ0n) is 11.6. The number of nitrogens with zero attached hydrogens (tertiary/aromatic N) is 2. The summed E-state index contributed by atoms with van der Waals surface area (Å²) in [5.74, 6) is 0.173. The molecule has 6 nitrogen and oxygen atoms in total. The first-order valence-corrected chi connectivity index (χ1v) is 6.76. The minimum Gasteiger partial charge on any atom is -0.496 e. The van der Waals surface area contributed by atoms with Crippen LogP contribution in [0.5, 0.6) is 5.75 Å². The monoisotopic (exact) mass is 298 g/mol. The number of halogens is 1. The van der Waals surface area contributed by atoms with E-state index in [4.69, 9.17) is 22.1 Å². The van der Waals surface area contributed by atoms with E-state index >= 15 is 0 Å². The Bertz CT molecular complexity index is 501. The first-order chi connectivity index (χ1) is 9.51. The number of hydrogen-bond donors (Lipinski definition) is 2. The zero-order valence-corrected chi connectivity index (χ0v) is 12.4. The number of hydrogen-bond acceptors (Lipinski definition) is 5. The number of carbonyl (C=O) groups is 1. The van der Waals surface area contributed by atoms with Crippen LogP contribution in [0.1, 0.15) is 10.4 Å². The zero-order chi connectivity index (χ0) is 14.7. The number of benzene rings is 1. The van der Waals surface area contributed by atoms with Crippen molar-refractivity contribution < 1.29 is 9.53 Å². The molecule has 0 radical (unpaired) electrons. The highest BCUT2D eigenvalue weighted by Gasteiger charge is 2.20. The van der Waals surface area contributed by atoms with Crippen LogP contribution in [0.3, 0.4) is 0 Å². The molecule has 110 valence electrons. The van der Waals surface area contributed by atoms with Gasteiger partial charge in [0.05, 0.1) is 23.4 Å². The number of nitrogens with two attached hydrogens (primary N) is 1. The molecule has 0 saturated carbocycles. The van der Waals surface area contributed by atoms with E-state index in [1.807, 2.05) is 5.01 Å². The standard InChI is InChI=1S/C13H19ClN4O2/c1-17-3-5-18(6-4-17)16-13(19)9-7-10(14)11(15)8-12(9)20-2/h7-8H,3-6,15H2,1-2H3,(H,16,19). The highest BCUT2D eigenvalue weighted by atomic mass is 35.5. The summed E-state index contributed by atoms with van der Waals surface area (Å²) in [6.07, 6.45) is 0. The summed E-state index contributed by atoms with van der Waals surface area (Å²) in [7, 11) is 3.55. The quantitative estimate of drug-likeness (QED) is 0.809. The third kappa shape index (κ3) is 3.33. The molecule has 1 aliphatic heterocycles. The lowest BCUT2D eigenvalue weighted by Gasteiger charge is -2.32. The van der Waals surface area contributed by atoms with Gasteiger partial charge in [-0.15, -0.1) is 0 Å². The second-order valence-corrected chi connectivity index (χ2v) is 5.21. The number of likely N-dealkylation sites (N-methyl/N-ethyl adjacent to an activating group) is 1. The fraction of sp³-hybridized carbons (Fsp3) is 0.462. The van der Waals surface area contributed by atoms with E-state index in [1.54, 1.807) is 6.07 Å². The van der Waals surface area contributed by atoms with Gasteiger partial charge in [0.1, 0.15) is 5.75 Å². The molecule has 1 aliphatic rings. The van der Waals surface area contributed by atoms with E-state index in [0.717, 1.165) is 26.2 Å². The lowest BCUT2D eigenvalue weighted by molar-refractivity contribution is 0.0660. The van der Waals surface area contributed by atoms with Gasteiger partial charge in [-0.25, -0.2) is 5.01 Å². The van der Waals surface area contributed by atoms with Crippen LogP contribution in [0, 0.1) is 0 Å². The Morgan fingerprint density at radius 2 is 2.00 bits per heavy atom. The van der Waals surface area contributed by atoms with Crippen LogP contribution in [0.4, 0.5) is 5.69 Å². The average molecular weight is 299 g/mol. The molecule has 0 atom stereocenters. The minimum atomic E-state index is -0.242. The molecule has 1 saturated heterocycles. The Hall–Kier alpha value is -1.50. The number of nitrogen functional groups attached to an aromatic ring is 1. The molecule has 1 aromatic carbocycles. The maximum atomic E-state index is 12.3. The molecule has 0 aliphatic carbocycles. The largest absolute Gasteiger partial charge is 0.496 e.